The molecule has 0 fully saturated rings. The van der Waals surface area contributed by atoms with Crippen LogP contribution in [0.25, 0.3) is 11.0 Å². The Morgan fingerprint density at radius 2 is 1.77 bits per heavy atom. The summed E-state index contributed by atoms with van der Waals surface area (Å²) in [4.78, 5) is 12.1. The van der Waals surface area contributed by atoms with Gasteiger partial charge in [-0.25, -0.2) is 8.78 Å². The average Bonchev–Trinajstić information content (AvgIpc) is 2.91. The van der Waals surface area contributed by atoms with Gasteiger partial charge in [-0.15, -0.1) is 0 Å². The van der Waals surface area contributed by atoms with Gasteiger partial charge in [0, 0.05) is 5.39 Å². The molecule has 0 spiro atoms. The van der Waals surface area contributed by atoms with Crippen molar-refractivity contribution in [3.8, 4) is 0 Å². The Balaban J connectivity index is 1.84. The summed E-state index contributed by atoms with van der Waals surface area (Å²) in [5, 5.41) is 3.44. The maximum Gasteiger partial charge on any atom is 0.257 e. The average molecular weight is 301 g/mol. The monoisotopic (exact) mass is 301 g/mol. The van der Waals surface area contributed by atoms with Crippen LogP contribution in [0.3, 0.4) is 0 Å². The largest absolute Gasteiger partial charge is 0.459 e. The molecule has 0 aliphatic carbocycles. The molecule has 1 aromatic heterocycles. The van der Waals surface area contributed by atoms with Crippen molar-refractivity contribution in [2.45, 2.75) is 13.0 Å². The van der Waals surface area contributed by atoms with E-state index in [9.17, 15) is 13.6 Å². The van der Waals surface area contributed by atoms with Crippen molar-refractivity contribution in [2.24, 2.45) is 0 Å². The summed E-state index contributed by atoms with van der Waals surface area (Å²) in [5.41, 5.74) is 0.0983. The van der Waals surface area contributed by atoms with Gasteiger partial charge in [0.2, 0.25) is 0 Å². The van der Waals surface area contributed by atoms with Crippen molar-refractivity contribution < 1.29 is 18.0 Å². The topological polar surface area (TPSA) is 42.2 Å². The van der Waals surface area contributed by atoms with Crippen LogP contribution >= 0.6 is 0 Å². The van der Waals surface area contributed by atoms with Crippen LogP contribution in [-0.4, -0.2) is 5.91 Å². The van der Waals surface area contributed by atoms with Gasteiger partial charge in [-0.3, -0.25) is 4.79 Å². The van der Waals surface area contributed by atoms with E-state index in [4.69, 9.17) is 4.42 Å². The normalized spacial score (nSPS) is 12.3. The summed E-state index contributed by atoms with van der Waals surface area (Å²) in [6.45, 7) is 1.69. The van der Waals surface area contributed by atoms with E-state index in [1.807, 2.05) is 24.3 Å². The maximum atomic E-state index is 13.6. The van der Waals surface area contributed by atoms with Crippen molar-refractivity contribution in [1.29, 1.82) is 0 Å². The highest BCUT2D eigenvalue weighted by atomic mass is 19.1. The standard InChI is InChI=1S/C17H13F2NO2/c1-10(15-9-11-5-2-3-8-14(11)22-15)20-17(21)16-12(18)6-4-7-13(16)19/h2-10H,1H3,(H,20,21). The number of hydrogen-bond acceptors (Lipinski definition) is 2. The Morgan fingerprint density at radius 1 is 1.09 bits per heavy atom. The molecule has 0 aliphatic rings. The van der Waals surface area contributed by atoms with E-state index < -0.39 is 29.1 Å². The quantitative estimate of drug-likeness (QED) is 0.787. The van der Waals surface area contributed by atoms with Crippen LogP contribution in [0.1, 0.15) is 29.1 Å². The summed E-state index contributed by atoms with van der Waals surface area (Å²) < 4.78 is 32.8. The Bertz CT molecular complexity index is 788. The third-order valence-corrected chi connectivity index (χ3v) is 3.41. The van der Waals surface area contributed by atoms with E-state index in [1.54, 1.807) is 13.0 Å². The molecule has 1 amide bonds. The molecule has 1 unspecified atom stereocenters. The van der Waals surface area contributed by atoms with Gasteiger partial charge in [-0.1, -0.05) is 24.3 Å². The molecule has 0 saturated heterocycles. The predicted molar refractivity (Wildman–Crippen MR) is 78.5 cm³/mol. The summed E-state index contributed by atoms with van der Waals surface area (Å²) in [6.07, 6.45) is 0. The first-order chi connectivity index (χ1) is 10.6. The molecule has 0 radical (unpaired) electrons. The van der Waals surface area contributed by atoms with Gasteiger partial charge < -0.3 is 9.73 Å². The number of para-hydroxylation sites is 1. The lowest BCUT2D eigenvalue weighted by molar-refractivity contribution is 0.0927. The Kier molecular flexibility index (Phi) is 3.63. The summed E-state index contributed by atoms with van der Waals surface area (Å²) in [5.74, 6) is -2.08. The van der Waals surface area contributed by atoms with E-state index in [1.165, 1.54) is 6.07 Å². The molecule has 3 rings (SSSR count). The number of furan rings is 1. The first kappa shape index (κ1) is 14.3. The van der Waals surface area contributed by atoms with Gasteiger partial charge in [0.1, 0.15) is 28.5 Å². The second kappa shape index (κ2) is 5.60. The lowest BCUT2D eigenvalue weighted by Gasteiger charge is -2.12. The van der Waals surface area contributed by atoms with Crippen molar-refractivity contribution in [2.75, 3.05) is 0 Å². The van der Waals surface area contributed by atoms with Gasteiger partial charge >= 0.3 is 0 Å². The van der Waals surface area contributed by atoms with Crippen LogP contribution in [0.2, 0.25) is 0 Å². The van der Waals surface area contributed by atoms with Gasteiger partial charge in [-0.05, 0) is 31.2 Å². The molecule has 0 bridgehead atoms. The first-order valence-electron chi connectivity index (χ1n) is 6.79. The Morgan fingerprint density at radius 3 is 2.45 bits per heavy atom. The number of carbonyl (C=O) groups is 1. The minimum Gasteiger partial charge on any atom is -0.459 e. The fourth-order valence-corrected chi connectivity index (χ4v) is 2.27. The molecule has 5 heteroatoms. The molecular weight excluding hydrogens is 288 g/mol. The van der Waals surface area contributed by atoms with Gasteiger partial charge in [0.15, 0.2) is 0 Å². The number of fused-ring (bicyclic) bond motifs is 1. The van der Waals surface area contributed by atoms with E-state index in [2.05, 4.69) is 5.32 Å². The van der Waals surface area contributed by atoms with E-state index in [-0.39, 0.29) is 0 Å². The molecule has 0 aliphatic heterocycles. The van der Waals surface area contributed by atoms with E-state index in [0.29, 0.717) is 11.3 Å². The predicted octanol–water partition coefficient (Wildman–Crippen LogP) is 4.20. The lowest BCUT2D eigenvalue weighted by atomic mass is 10.1. The Labute approximate surface area is 125 Å². The Hall–Kier alpha value is -2.69. The van der Waals surface area contributed by atoms with Gasteiger partial charge in [-0.2, -0.15) is 0 Å². The number of carbonyl (C=O) groups excluding carboxylic acids is 1. The summed E-state index contributed by atoms with van der Waals surface area (Å²) in [6, 6.07) is 12.0. The minimum absolute atomic E-state index is 0.515. The van der Waals surface area contributed by atoms with Gasteiger partial charge in [0.05, 0.1) is 6.04 Å². The number of rotatable bonds is 3. The van der Waals surface area contributed by atoms with Crippen molar-refractivity contribution in [1.82, 2.24) is 5.32 Å². The third kappa shape index (κ3) is 2.57. The number of halogens is 2. The van der Waals surface area contributed by atoms with Crippen LogP contribution in [0.5, 0.6) is 0 Å². The second-order valence-corrected chi connectivity index (χ2v) is 4.98. The SMILES string of the molecule is CC(NC(=O)c1c(F)cccc1F)c1cc2ccccc2o1. The second-order valence-electron chi connectivity index (χ2n) is 4.98. The zero-order chi connectivity index (χ0) is 15.7. The molecule has 22 heavy (non-hydrogen) atoms. The van der Waals surface area contributed by atoms with Crippen LogP contribution < -0.4 is 5.32 Å². The van der Waals surface area contributed by atoms with Crippen LogP contribution in [0.4, 0.5) is 8.78 Å². The number of nitrogens with one attached hydrogen (secondary N) is 1. The summed E-state index contributed by atoms with van der Waals surface area (Å²) >= 11 is 0. The smallest absolute Gasteiger partial charge is 0.257 e. The third-order valence-electron chi connectivity index (χ3n) is 3.41. The molecule has 112 valence electrons. The van der Waals surface area contributed by atoms with E-state index in [0.717, 1.165) is 17.5 Å². The molecule has 3 nitrogen and oxygen atoms in total. The zero-order valence-electron chi connectivity index (χ0n) is 11.8. The lowest BCUT2D eigenvalue weighted by Crippen LogP contribution is -2.28. The first-order valence-corrected chi connectivity index (χ1v) is 6.79. The molecule has 3 aromatic rings. The number of hydrogen-bond donors (Lipinski definition) is 1. The zero-order valence-corrected chi connectivity index (χ0v) is 11.8. The van der Waals surface area contributed by atoms with Crippen LogP contribution in [-0.2, 0) is 0 Å². The molecule has 1 N–H and O–H groups in total. The number of benzene rings is 2. The highest BCUT2D eigenvalue weighted by Crippen LogP contribution is 2.24. The molecule has 1 atom stereocenters. The van der Waals surface area contributed by atoms with Crippen LogP contribution in [0, 0.1) is 11.6 Å². The minimum atomic E-state index is -0.894. The van der Waals surface area contributed by atoms with Crippen molar-refractivity contribution in [3.05, 3.63) is 71.5 Å². The van der Waals surface area contributed by atoms with Gasteiger partial charge in [0.25, 0.3) is 5.91 Å². The maximum absolute atomic E-state index is 13.6. The van der Waals surface area contributed by atoms with Crippen molar-refractivity contribution in [3.63, 3.8) is 0 Å². The highest BCUT2D eigenvalue weighted by molar-refractivity contribution is 5.95. The highest BCUT2D eigenvalue weighted by Gasteiger charge is 2.20. The molecule has 1 heterocycles. The molecule has 0 saturated carbocycles. The number of amides is 1. The molecule has 2 aromatic carbocycles. The van der Waals surface area contributed by atoms with E-state index >= 15 is 0 Å². The molecular formula is C17H13F2NO2. The van der Waals surface area contributed by atoms with Crippen LogP contribution in [0.15, 0.2) is 52.9 Å². The van der Waals surface area contributed by atoms with Crippen molar-refractivity contribution >= 4 is 16.9 Å². The fraction of sp³-hybridized carbons (Fsp3) is 0.118. The summed E-state index contributed by atoms with van der Waals surface area (Å²) in [7, 11) is 0. The fourth-order valence-electron chi connectivity index (χ4n) is 2.27.